The molecular weight excluding hydrogens is 337 g/mol. The van der Waals surface area contributed by atoms with Crippen LogP contribution in [0.1, 0.15) is 36.8 Å². The van der Waals surface area contributed by atoms with Crippen LogP contribution >= 0.6 is 22.6 Å². The topological polar surface area (TPSA) is 29.1 Å². The van der Waals surface area contributed by atoms with E-state index < -0.39 is 0 Å². The Kier molecular flexibility index (Phi) is 8.05. The second-order valence-electron chi connectivity index (χ2n) is 4.62. The van der Waals surface area contributed by atoms with Crippen molar-refractivity contribution in [2.75, 3.05) is 11.0 Å². The maximum absolute atomic E-state index is 11.7. The van der Waals surface area contributed by atoms with E-state index in [0.717, 1.165) is 18.5 Å². The number of hydrogen-bond acceptors (Lipinski definition) is 1. The Balaban J connectivity index is 2.12. The Morgan fingerprint density at radius 2 is 1.78 bits per heavy atom. The van der Waals surface area contributed by atoms with Gasteiger partial charge in [-0.1, -0.05) is 65.3 Å². The molecule has 1 amide bonds. The summed E-state index contributed by atoms with van der Waals surface area (Å²) in [5.41, 5.74) is 2.32. The van der Waals surface area contributed by atoms with Crippen LogP contribution in [-0.4, -0.2) is 16.9 Å². The molecule has 100 valence electrons. The van der Waals surface area contributed by atoms with E-state index >= 15 is 0 Å². The molecule has 0 saturated carbocycles. The average Bonchev–Trinajstić information content (AvgIpc) is 2.36. The summed E-state index contributed by atoms with van der Waals surface area (Å²) in [5, 5.41) is 2.98. The number of nitrogens with one attached hydrogen (secondary N) is 1. The van der Waals surface area contributed by atoms with Gasteiger partial charge in [0.05, 0.1) is 6.42 Å². The monoisotopic (exact) mass is 359 g/mol. The molecular formula is C15H22INO. The van der Waals surface area contributed by atoms with Crippen molar-refractivity contribution in [1.82, 2.24) is 5.32 Å². The van der Waals surface area contributed by atoms with Gasteiger partial charge in [-0.25, -0.2) is 0 Å². The molecule has 0 unspecified atom stereocenters. The van der Waals surface area contributed by atoms with Crippen LogP contribution in [-0.2, 0) is 11.2 Å². The van der Waals surface area contributed by atoms with Gasteiger partial charge in [-0.05, 0) is 29.8 Å². The smallest absolute Gasteiger partial charge is 0.224 e. The van der Waals surface area contributed by atoms with Crippen LogP contribution in [0.3, 0.4) is 0 Å². The van der Waals surface area contributed by atoms with Crippen LogP contribution in [0.15, 0.2) is 24.3 Å². The van der Waals surface area contributed by atoms with Crippen molar-refractivity contribution < 1.29 is 4.79 Å². The predicted molar refractivity (Wildman–Crippen MR) is 85.2 cm³/mol. The quantitative estimate of drug-likeness (QED) is 0.429. The number of hydrogen-bond donors (Lipinski definition) is 1. The van der Waals surface area contributed by atoms with Crippen molar-refractivity contribution in [2.45, 2.75) is 39.0 Å². The first-order chi connectivity index (χ1) is 8.72. The molecule has 0 radical (unpaired) electrons. The third-order valence-corrected chi connectivity index (χ3v) is 3.63. The molecule has 1 aromatic rings. The zero-order valence-corrected chi connectivity index (χ0v) is 13.2. The molecule has 0 atom stereocenters. The van der Waals surface area contributed by atoms with Gasteiger partial charge in [-0.15, -0.1) is 0 Å². The van der Waals surface area contributed by atoms with Gasteiger partial charge in [0.25, 0.3) is 0 Å². The number of halogens is 1. The number of rotatable bonds is 8. The first-order valence-electron chi connectivity index (χ1n) is 6.60. The molecule has 1 N–H and O–H groups in total. The minimum atomic E-state index is 0.132. The lowest BCUT2D eigenvalue weighted by molar-refractivity contribution is -0.120. The van der Waals surface area contributed by atoms with Gasteiger partial charge in [0.1, 0.15) is 0 Å². The van der Waals surface area contributed by atoms with Gasteiger partial charge < -0.3 is 5.32 Å². The summed E-state index contributed by atoms with van der Waals surface area (Å²) in [4.78, 5) is 11.7. The number of alkyl halides is 1. The van der Waals surface area contributed by atoms with Crippen molar-refractivity contribution >= 4 is 28.5 Å². The van der Waals surface area contributed by atoms with Crippen LogP contribution in [0.25, 0.3) is 0 Å². The van der Waals surface area contributed by atoms with Crippen LogP contribution in [0.2, 0.25) is 0 Å². The Morgan fingerprint density at radius 1 is 1.11 bits per heavy atom. The Morgan fingerprint density at radius 3 is 2.44 bits per heavy atom. The lowest BCUT2D eigenvalue weighted by Gasteiger charge is -2.05. The van der Waals surface area contributed by atoms with Crippen molar-refractivity contribution in [1.29, 1.82) is 0 Å². The van der Waals surface area contributed by atoms with Crippen molar-refractivity contribution in [2.24, 2.45) is 0 Å². The SMILES string of the molecule is Cc1ccc(CC(=O)NCCCCCCI)cc1. The fourth-order valence-electron chi connectivity index (χ4n) is 1.75. The number of unbranched alkanes of at least 4 members (excludes halogenated alkanes) is 3. The largest absolute Gasteiger partial charge is 0.356 e. The molecule has 0 aliphatic heterocycles. The molecule has 0 saturated heterocycles. The van der Waals surface area contributed by atoms with E-state index in [0.29, 0.717) is 6.42 Å². The lowest BCUT2D eigenvalue weighted by atomic mass is 10.1. The maximum atomic E-state index is 11.7. The summed E-state index contributed by atoms with van der Waals surface area (Å²) < 4.78 is 1.23. The van der Waals surface area contributed by atoms with E-state index in [1.807, 2.05) is 24.3 Å². The van der Waals surface area contributed by atoms with Gasteiger partial charge in [-0.2, -0.15) is 0 Å². The summed E-state index contributed by atoms with van der Waals surface area (Å²) in [7, 11) is 0. The van der Waals surface area contributed by atoms with E-state index in [1.54, 1.807) is 0 Å². The van der Waals surface area contributed by atoms with Crippen LogP contribution < -0.4 is 5.32 Å². The van der Waals surface area contributed by atoms with E-state index in [4.69, 9.17) is 0 Å². The zero-order valence-electron chi connectivity index (χ0n) is 11.0. The second-order valence-corrected chi connectivity index (χ2v) is 5.69. The highest BCUT2D eigenvalue weighted by Crippen LogP contribution is 2.04. The van der Waals surface area contributed by atoms with Gasteiger partial charge in [0, 0.05) is 6.54 Å². The second kappa shape index (κ2) is 9.36. The maximum Gasteiger partial charge on any atom is 0.224 e. The fraction of sp³-hybridized carbons (Fsp3) is 0.533. The molecule has 0 heterocycles. The summed E-state index contributed by atoms with van der Waals surface area (Å²) in [6.07, 6.45) is 5.37. The number of amides is 1. The van der Waals surface area contributed by atoms with Crippen molar-refractivity contribution in [3.05, 3.63) is 35.4 Å². The van der Waals surface area contributed by atoms with Crippen molar-refractivity contribution in [3.8, 4) is 0 Å². The highest BCUT2D eigenvalue weighted by Gasteiger charge is 2.02. The van der Waals surface area contributed by atoms with E-state index in [9.17, 15) is 4.79 Å². The van der Waals surface area contributed by atoms with Crippen LogP contribution in [0.4, 0.5) is 0 Å². The third-order valence-electron chi connectivity index (χ3n) is 2.87. The summed E-state index contributed by atoms with van der Waals surface area (Å²) in [5.74, 6) is 0.132. The number of carbonyl (C=O) groups excluding carboxylic acids is 1. The zero-order chi connectivity index (χ0) is 13.2. The molecule has 1 aromatic carbocycles. The van der Waals surface area contributed by atoms with Gasteiger partial charge >= 0.3 is 0 Å². The molecule has 0 spiro atoms. The predicted octanol–water partition coefficient (Wildman–Crippen LogP) is 3.65. The number of aryl methyl sites for hydroxylation is 1. The third kappa shape index (κ3) is 6.99. The fourth-order valence-corrected chi connectivity index (χ4v) is 2.29. The molecule has 3 heteroatoms. The van der Waals surface area contributed by atoms with E-state index in [-0.39, 0.29) is 5.91 Å². The highest BCUT2D eigenvalue weighted by molar-refractivity contribution is 14.1. The Hall–Kier alpha value is -0.580. The molecule has 0 aliphatic carbocycles. The standard InChI is InChI=1S/C15H22INO/c1-13-6-8-14(9-7-13)12-15(18)17-11-5-3-2-4-10-16/h6-9H,2-5,10-12H2,1H3,(H,17,18). The molecule has 0 aromatic heterocycles. The minimum Gasteiger partial charge on any atom is -0.356 e. The summed E-state index contributed by atoms with van der Waals surface area (Å²) in [6, 6.07) is 8.14. The number of benzene rings is 1. The normalized spacial score (nSPS) is 10.3. The van der Waals surface area contributed by atoms with Crippen LogP contribution in [0, 0.1) is 6.92 Å². The Labute approximate surface area is 124 Å². The molecule has 0 aliphatic rings. The molecule has 18 heavy (non-hydrogen) atoms. The van der Waals surface area contributed by atoms with E-state index in [2.05, 4.69) is 34.8 Å². The highest BCUT2D eigenvalue weighted by atomic mass is 127. The van der Waals surface area contributed by atoms with Crippen LogP contribution in [0.5, 0.6) is 0 Å². The first kappa shape index (κ1) is 15.5. The summed E-state index contributed by atoms with van der Waals surface area (Å²) >= 11 is 2.40. The lowest BCUT2D eigenvalue weighted by Crippen LogP contribution is -2.26. The minimum absolute atomic E-state index is 0.132. The molecule has 0 fully saturated rings. The molecule has 0 bridgehead atoms. The van der Waals surface area contributed by atoms with Gasteiger partial charge in [-0.3, -0.25) is 4.79 Å². The average molecular weight is 359 g/mol. The van der Waals surface area contributed by atoms with Gasteiger partial charge in [0.2, 0.25) is 5.91 Å². The van der Waals surface area contributed by atoms with Gasteiger partial charge in [0.15, 0.2) is 0 Å². The summed E-state index contributed by atoms with van der Waals surface area (Å²) in [6.45, 7) is 2.87. The molecule has 1 rings (SSSR count). The first-order valence-corrected chi connectivity index (χ1v) is 8.13. The molecule has 2 nitrogen and oxygen atoms in total. The number of carbonyl (C=O) groups is 1. The van der Waals surface area contributed by atoms with E-state index in [1.165, 1.54) is 29.3 Å². The van der Waals surface area contributed by atoms with Crippen molar-refractivity contribution in [3.63, 3.8) is 0 Å². The Bertz CT molecular complexity index is 348.